The number of carbonyl (C=O) groups is 1. The Bertz CT molecular complexity index is 787. The highest BCUT2D eigenvalue weighted by Gasteiger charge is 2.34. The molecule has 0 spiro atoms. The largest absolute Gasteiger partial charge is 0.417 e. The van der Waals surface area contributed by atoms with Crippen molar-refractivity contribution < 1.29 is 18.0 Å². The van der Waals surface area contributed by atoms with Crippen molar-refractivity contribution >= 4 is 6.29 Å². The number of nitrogens with zero attached hydrogens (tertiary/aromatic N) is 2. The van der Waals surface area contributed by atoms with Gasteiger partial charge in [-0.05, 0) is 49.3 Å². The maximum absolute atomic E-state index is 13.4. The molecule has 0 saturated carbocycles. The van der Waals surface area contributed by atoms with E-state index in [0.717, 1.165) is 50.8 Å². The molecule has 27 heavy (non-hydrogen) atoms. The van der Waals surface area contributed by atoms with E-state index >= 15 is 0 Å². The Morgan fingerprint density at radius 1 is 1.00 bits per heavy atom. The van der Waals surface area contributed by atoms with Crippen LogP contribution in [0.5, 0.6) is 0 Å². The zero-order valence-electron chi connectivity index (χ0n) is 15.3. The van der Waals surface area contributed by atoms with Crippen LogP contribution in [0.15, 0.2) is 42.5 Å². The van der Waals surface area contributed by atoms with Gasteiger partial charge in [0, 0.05) is 25.2 Å². The number of hydrogen-bond donors (Lipinski definition) is 0. The molecule has 144 valence electrons. The molecule has 3 rings (SSSR count). The van der Waals surface area contributed by atoms with E-state index in [9.17, 15) is 18.0 Å². The number of carbonyl (C=O) groups excluding carboxylic acids is 1. The molecule has 6 heteroatoms. The van der Waals surface area contributed by atoms with Crippen LogP contribution in [0.4, 0.5) is 13.2 Å². The van der Waals surface area contributed by atoms with E-state index in [1.807, 2.05) is 12.1 Å². The van der Waals surface area contributed by atoms with Gasteiger partial charge in [0.05, 0.1) is 5.56 Å². The molecule has 1 aliphatic heterocycles. The highest BCUT2D eigenvalue weighted by atomic mass is 19.4. The minimum absolute atomic E-state index is 0.0221. The summed E-state index contributed by atoms with van der Waals surface area (Å²) in [4.78, 5) is 15.5. The van der Waals surface area contributed by atoms with Gasteiger partial charge in [0.15, 0.2) is 0 Å². The van der Waals surface area contributed by atoms with Crippen molar-refractivity contribution in [2.75, 3.05) is 33.2 Å². The third kappa shape index (κ3) is 4.96. The Labute approximate surface area is 157 Å². The molecule has 2 aromatic carbocycles. The first-order valence-corrected chi connectivity index (χ1v) is 9.03. The van der Waals surface area contributed by atoms with Crippen LogP contribution in [0.3, 0.4) is 0 Å². The van der Waals surface area contributed by atoms with Gasteiger partial charge in [-0.1, -0.05) is 36.4 Å². The minimum atomic E-state index is -4.51. The average Bonchev–Trinajstić information content (AvgIpc) is 2.85. The number of alkyl halides is 3. The summed E-state index contributed by atoms with van der Waals surface area (Å²) in [5.41, 5.74) is 0.917. The van der Waals surface area contributed by atoms with Gasteiger partial charge in [-0.2, -0.15) is 13.2 Å². The minimum Gasteiger partial charge on any atom is -0.305 e. The van der Waals surface area contributed by atoms with Crippen molar-refractivity contribution in [1.29, 1.82) is 0 Å². The molecule has 0 amide bonds. The van der Waals surface area contributed by atoms with Gasteiger partial charge in [0.1, 0.15) is 6.29 Å². The zero-order valence-corrected chi connectivity index (χ0v) is 15.3. The Morgan fingerprint density at radius 3 is 2.41 bits per heavy atom. The lowest BCUT2D eigenvalue weighted by Gasteiger charge is -2.20. The maximum atomic E-state index is 13.4. The zero-order chi connectivity index (χ0) is 19.4. The van der Waals surface area contributed by atoms with E-state index in [0.29, 0.717) is 11.8 Å². The summed E-state index contributed by atoms with van der Waals surface area (Å²) in [7, 11) is 2.12. The normalized spacial score (nSPS) is 16.9. The smallest absolute Gasteiger partial charge is 0.305 e. The number of aldehydes is 1. The van der Waals surface area contributed by atoms with Crippen LogP contribution in [0.25, 0.3) is 11.1 Å². The predicted octanol–water partition coefficient (Wildman–Crippen LogP) is 4.32. The van der Waals surface area contributed by atoms with Gasteiger partial charge in [-0.3, -0.25) is 9.69 Å². The Morgan fingerprint density at radius 2 is 1.74 bits per heavy atom. The second kappa shape index (κ2) is 8.23. The van der Waals surface area contributed by atoms with Crippen molar-refractivity contribution in [3.8, 4) is 11.1 Å². The lowest BCUT2D eigenvalue weighted by molar-refractivity contribution is -0.137. The molecule has 2 aromatic rings. The van der Waals surface area contributed by atoms with Gasteiger partial charge in [-0.15, -0.1) is 0 Å². The number of hydrogen-bond acceptors (Lipinski definition) is 3. The first-order chi connectivity index (χ1) is 12.9. The summed E-state index contributed by atoms with van der Waals surface area (Å²) < 4.78 is 40.1. The summed E-state index contributed by atoms with van der Waals surface area (Å²) >= 11 is 0. The Hall–Kier alpha value is -2.18. The molecular formula is C21H23F3N2O. The molecule has 0 aliphatic carbocycles. The summed E-state index contributed by atoms with van der Waals surface area (Å²) in [6.45, 7) is 4.92. The van der Waals surface area contributed by atoms with E-state index in [-0.39, 0.29) is 11.1 Å². The van der Waals surface area contributed by atoms with E-state index < -0.39 is 11.7 Å². The summed E-state index contributed by atoms with van der Waals surface area (Å²) in [6, 6.07) is 10.9. The lowest BCUT2D eigenvalue weighted by Crippen LogP contribution is -2.28. The third-order valence-corrected chi connectivity index (χ3v) is 4.97. The Kier molecular flexibility index (Phi) is 5.97. The number of likely N-dealkylation sites (N-methyl/N-ethyl adjacent to an activating group) is 1. The van der Waals surface area contributed by atoms with Crippen LogP contribution in [-0.4, -0.2) is 49.3 Å². The highest BCUT2D eigenvalue weighted by molar-refractivity contribution is 5.79. The van der Waals surface area contributed by atoms with Crippen molar-refractivity contribution in [1.82, 2.24) is 9.80 Å². The SMILES string of the molecule is CN1CCCN(Cc2ccc(-c3ccc(C=O)cc3C(F)(F)F)cc2)CC1. The van der Waals surface area contributed by atoms with Gasteiger partial charge >= 0.3 is 6.18 Å². The van der Waals surface area contributed by atoms with E-state index in [4.69, 9.17) is 0 Å². The van der Waals surface area contributed by atoms with Crippen LogP contribution in [0, 0.1) is 0 Å². The average molecular weight is 376 g/mol. The fraction of sp³-hybridized carbons (Fsp3) is 0.381. The van der Waals surface area contributed by atoms with Crippen LogP contribution >= 0.6 is 0 Å². The molecule has 0 radical (unpaired) electrons. The lowest BCUT2D eigenvalue weighted by atomic mass is 9.96. The number of benzene rings is 2. The second-order valence-corrected chi connectivity index (χ2v) is 7.05. The third-order valence-electron chi connectivity index (χ3n) is 4.97. The van der Waals surface area contributed by atoms with Crippen LogP contribution < -0.4 is 0 Å². The molecule has 0 N–H and O–H groups in total. The molecule has 1 aliphatic rings. The number of halogens is 3. The monoisotopic (exact) mass is 376 g/mol. The van der Waals surface area contributed by atoms with Crippen molar-refractivity contribution in [2.45, 2.75) is 19.1 Å². The standard InChI is InChI=1S/C21H23F3N2O/c1-25-9-2-10-26(12-11-25)14-16-3-6-18(7-4-16)19-8-5-17(15-27)13-20(19)21(22,23)24/h3-8,13,15H,2,9-12,14H2,1H3. The summed E-state index contributed by atoms with van der Waals surface area (Å²) in [5, 5.41) is 0. The van der Waals surface area contributed by atoms with Crippen LogP contribution in [-0.2, 0) is 12.7 Å². The summed E-state index contributed by atoms with van der Waals surface area (Å²) in [5.74, 6) is 0. The molecule has 0 unspecified atom stereocenters. The Balaban J connectivity index is 1.80. The van der Waals surface area contributed by atoms with Crippen molar-refractivity contribution in [2.24, 2.45) is 0 Å². The molecule has 1 heterocycles. The topological polar surface area (TPSA) is 23.6 Å². The highest BCUT2D eigenvalue weighted by Crippen LogP contribution is 2.37. The van der Waals surface area contributed by atoms with E-state index in [2.05, 4.69) is 16.8 Å². The van der Waals surface area contributed by atoms with E-state index in [1.165, 1.54) is 12.1 Å². The molecule has 0 aromatic heterocycles. The molecule has 0 bridgehead atoms. The number of rotatable bonds is 4. The van der Waals surface area contributed by atoms with Crippen LogP contribution in [0.2, 0.25) is 0 Å². The van der Waals surface area contributed by atoms with E-state index in [1.54, 1.807) is 12.1 Å². The van der Waals surface area contributed by atoms with Crippen molar-refractivity contribution in [3.63, 3.8) is 0 Å². The van der Waals surface area contributed by atoms with Crippen molar-refractivity contribution in [3.05, 3.63) is 59.2 Å². The van der Waals surface area contributed by atoms with Gasteiger partial charge < -0.3 is 4.90 Å². The fourth-order valence-electron chi connectivity index (χ4n) is 3.43. The summed E-state index contributed by atoms with van der Waals surface area (Å²) in [6.07, 6.45) is -2.96. The quantitative estimate of drug-likeness (QED) is 0.743. The first kappa shape index (κ1) is 19.6. The molecular weight excluding hydrogens is 353 g/mol. The van der Waals surface area contributed by atoms with Gasteiger partial charge in [0.2, 0.25) is 0 Å². The molecule has 1 fully saturated rings. The first-order valence-electron chi connectivity index (χ1n) is 9.03. The fourth-order valence-corrected chi connectivity index (χ4v) is 3.43. The van der Waals surface area contributed by atoms with Gasteiger partial charge in [0.25, 0.3) is 0 Å². The maximum Gasteiger partial charge on any atom is 0.417 e. The second-order valence-electron chi connectivity index (χ2n) is 7.05. The molecule has 3 nitrogen and oxygen atoms in total. The van der Waals surface area contributed by atoms with Crippen LogP contribution in [0.1, 0.15) is 27.9 Å². The molecule has 0 atom stereocenters. The van der Waals surface area contributed by atoms with Gasteiger partial charge in [-0.25, -0.2) is 0 Å². The predicted molar refractivity (Wildman–Crippen MR) is 99.7 cm³/mol. The molecule has 1 saturated heterocycles.